The molecule has 0 aliphatic carbocycles. The molecule has 0 fully saturated rings. The van der Waals surface area contributed by atoms with Gasteiger partial charge in [0.1, 0.15) is 5.75 Å². The fraction of sp³-hybridized carbons (Fsp3) is 0.571. The zero-order chi connectivity index (χ0) is 15.2. The summed E-state index contributed by atoms with van der Waals surface area (Å²) >= 11 is 0. The minimum Gasteiger partial charge on any atom is -0.497 e. The molecule has 1 aromatic carbocycles. The Morgan fingerprint density at radius 2 is 2.05 bits per heavy atom. The van der Waals surface area contributed by atoms with E-state index < -0.39 is 10.0 Å². The molecular weight excluding hydrogens is 278 g/mol. The predicted octanol–water partition coefficient (Wildman–Crippen LogP) is 1.65. The van der Waals surface area contributed by atoms with E-state index in [9.17, 15) is 8.42 Å². The second-order valence-electron chi connectivity index (χ2n) is 4.63. The molecule has 1 rings (SSSR count). The monoisotopic (exact) mass is 301 g/mol. The maximum atomic E-state index is 12.5. The third kappa shape index (κ3) is 3.94. The number of methoxy groups -OCH3 is 1. The number of rotatable bonds is 8. The molecule has 0 bridgehead atoms. The van der Waals surface area contributed by atoms with E-state index in [1.54, 1.807) is 25.2 Å². The van der Waals surface area contributed by atoms with Gasteiger partial charge >= 0.3 is 0 Å². The Labute approximate surface area is 121 Å². The summed E-state index contributed by atoms with van der Waals surface area (Å²) in [6, 6.07) is 4.83. The highest BCUT2D eigenvalue weighted by molar-refractivity contribution is 7.89. The molecule has 0 aromatic heterocycles. The van der Waals surface area contributed by atoms with Crippen LogP contribution in [-0.4, -0.2) is 45.1 Å². The van der Waals surface area contributed by atoms with E-state index in [0.29, 0.717) is 17.9 Å². The first kappa shape index (κ1) is 16.9. The van der Waals surface area contributed by atoms with Gasteiger partial charge in [0.05, 0.1) is 12.0 Å². The van der Waals surface area contributed by atoms with Gasteiger partial charge in [-0.1, -0.05) is 13.3 Å². The van der Waals surface area contributed by atoms with Gasteiger partial charge in [0.15, 0.2) is 0 Å². The Morgan fingerprint density at radius 3 is 2.60 bits per heavy atom. The lowest BCUT2D eigenvalue weighted by Crippen LogP contribution is -2.28. The molecule has 6 heteroatoms. The van der Waals surface area contributed by atoms with Crippen molar-refractivity contribution < 1.29 is 18.3 Å². The lowest BCUT2D eigenvalue weighted by Gasteiger charge is -2.19. The van der Waals surface area contributed by atoms with E-state index in [1.807, 2.05) is 6.92 Å². The third-order valence-corrected chi connectivity index (χ3v) is 5.12. The van der Waals surface area contributed by atoms with Crippen molar-refractivity contribution in [1.29, 1.82) is 0 Å². The molecule has 0 unspecified atom stereocenters. The lowest BCUT2D eigenvalue weighted by molar-refractivity contribution is 0.298. The van der Waals surface area contributed by atoms with E-state index >= 15 is 0 Å². The van der Waals surface area contributed by atoms with Gasteiger partial charge in [-0.05, 0) is 36.6 Å². The van der Waals surface area contributed by atoms with Crippen LogP contribution in [0, 0.1) is 0 Å². The van der Waals surface area contributed by atoms with Crippen molar-refractivity contribution in [3.05, 3.63) is 23.8 Å². The zero-order valence-corrected chi connectivity index (χ0v) is 13.1. The maximum Gasteiger partial charge on any atom is 0.243 e. The number of benzene rings is 1. The van der Waals surface area contributed by atoms with Gasteiger partial charge in [0, 0.05) is 20.2 Å². The Balaban J connectivity index is 3.16. The smallest absolute Gasteiger partial charge is 0.243 e. The summed E-state index contributed by atoms with van der Waals surface area (Å²) in [5, 5.41) is 9.10. The highest BCUT2D eigenvalue weighted by Crippen LogP contribution is 2.24. The minimum absolute atomic E-state index is 0.103. The molecule has 0 aliphatic heterocycles. The van der Waals surface area contributed by atoms with Gasteiger partial charge in [-0.25, -0.2) is 12.7 Å². The van der Waals surface area contributed by atoms with Crippen molar-refractivity contribution in [2.45, 2.75) is 31.1 Å². The lowest BCUT2D eigenvalue weighted by atomic mass is 10.1. The van der Waals surface area contributed by atoms with Crippen LogP contribution in [0.15, 0.2) is 23.1 Å². The molecule has 0 radical (unpaired) electrons. The van der Waals surface area contributed by atoms with E-state index in [2.05, 4.69) is 0 Å². The first-order valence-corrected chi connectivity index (χ1v) is 8.15. The average molecular weight is 301 g/mol. The third-order valence-electron chi connectivity index (χ3n) is 3.16. The normalized spacial score (nSPS) is 11.8. The van der Waals surface area contributed by atoms with Crippen molar-refractivity contribution in [1.82, 2.24) is 4.31 Å². The number of nitrogens with zero attached hydrogens (tertiary/aromatic N) is 1. The van der Waals surface area contributed by atoms with Crippen LogP contribution in [0.4, 0.5) is 0 Å². The number of aliphatic hydroxyl groups is 1. The summed E-state index contributed by atoms with van der Waals surface area (Å²) in [6.07, 6.45) is 2.04. The fourth-order valence-corrected chi connectivity index (χ4v) is 3.36. The Bertz CT molecular complexity index is 528. The van der Waals surface area contributed by atoms with Crippen LogP contribution < -0.4 is 4.74 Å². The largest absolute Gasteiger partial charge is 0.497 e. The minimum atomic E-state index is -3.52. The van der Waals surface area contributed by atoms with Crippen molar-refractivity contribution >= 4 is 10.0 Å². The predicted molar refractivity (Wildman–Crippen MR) is 78.5 cm³/mol. The molecule has 20 heavy (non-hydrogen) atoms. The van der Waals surface area contributed by atoms with Crippen molar-refractivity contribution in [3.8, 4) is 5.75 Å². The molecule has 0 saturated heterocycles. The number of aliphatic hydroxyl groups excluding tert-OH is 1. The highest BCUT2D eigenvalue weighted by atomic mass is 32.2. The Hall–Kier alpha value is -1.11. The molecule has 1 N–H and O–H groups in total. The van der Waals surface area contributed by atoms with Crippen LogP contribution in [0.3, 0.4) is 0 Å². The number of hydrogen-bond acceptors (Lipinski definition) is 4. The summed E-state index contributed by atoms with van der Waals surface area (Å²) in [4.78, 5) is 0.242. The van der Waals surface area contributed by atoms with Crippen LogP contribution in [0.25, 0.3) is 0 Å². The highest BCUT2D eigenvalue weighted by Gasteiger charge is 2.23. The number of ether oxygens (including phenoxy) is 1. The maximum absolute atomic E-state index is 12.5. The second kappa shape index (κ2) is 7.61. The second-order valence-corrected chi connectivity index (χ2v) is 6.64. The van der Waals surface area contributed by atoms with Gasteiger partial charge in [-0.3, -0.25) is 0 Å². The van der Waals surface area contributed by atoms with Gasteiger partial charge < -0.3 is 9.84 Å². The molecule has 0 heterocycles. The molecular formula is C14H23NO4S. The molecule has 0 saturated carbocycles. The van der Waals surface area contributed by atoms with E-state index in [4.69, 9.17) is 9.84 Å². The molecule has 114 valence electrons. The van der Waals surface area contributed by atoms with Gasteiger partial charge in [0.25, 0.3) is 0 Å². The molecule has 0 amide bonds. The molecule has 1 aromatic rings. The van der Waals surface area contributed by atoms with Crippen molar-refractivity contribution in [3.63, 3.8) is 0 Å². The number of sulfonamides is 1. The zero-order valence-electron chi connectivity index (χ0n) is 12.3. The number of hydrogen-bond donors (Lipinski definition) is 1. The van der Waals surface area contributed by atoms with E-state index in [-0.39, 0.29) is 17.9 Å². The summed E-state index contributed by atoms with van der Waals surface area (Å²) in [7, 11) is -0.414. The first-order valence-electron chi connectivity index (χ1n) is 6.71. The van der Waals surface area contributed by atoms with Crippen LogP contribution in [0.2, 0.25) is 0 Å². The topological polar surface area (TPSA) is 66.8 Å². The first-order chi connectivity index (χ1) is 9.47. The molecule has 0 atom stereocenters. The molecule has 0 aliphatic rings. The average Bonchev–Trinajstić information content (AvgIpc) is 2.44. The van der Waals surface area contributed by atoms with Crippen LogP contribution in [0.1, 0.15) is 25.3 Å². The summed E-state index contributed by atoms with van der Waals surface area (Å²) in [6.45, 7) is 2.41. The molecule has 5 nitrogen and oxygen atoms in total. The SMILES string of the molecule is CCCCN(C)S(=O)(=O)c1ccc(OC)cc1CCO. The van der Waals surface area contributed by atoms with Gasteiger partial charge in [-0.15, -0.1) is 0 Å². The van der Waals surface area contributed by atoms with Crippen LogP contribution >= 0.6 is 0 Å². The summed E-state index contributed by atoms with van der Waals surface area (Å²) in [5.41, 5.74) is 0.579. The number of unbranched alkanes of at least 4 members (excludes halogenated alkanes) is 1. The van der Waals surface area contributed by atoms with Gasteiger partial charge in [0.2, 0.25) is 10.0 Å². The summed E-state index contributed by atoms with van der Waals surface area (Å²) in [5.74, 6) is 0.587. The van der Waals surface area contributed by atoms with Crippen molar-refractivity contribution in [2.75, 3.05) is 27.3 Å². The van der Waals surface area contributed by atoms with Crippen LogP contribution in [-0.2, 0) is 16.4 Å². The van der Waals surface area contributed by atoms with Gasteiger partial charge in [-0.2, -0.15) is 0 Å². The quantitative estimate of drug-likeness (QED) is 0.793. The van der Waals surface area contributed by atoms with E-state index in [1.165, 1.54) is 11.4 Å². The Kier molecular flexibility index (Phi) is 6.45. The van der Waals surface area contributed by atoms with Crippen molar-refractivity contribution in [2.24, 2.45) is 0 Å². The van der Waals surface area contributed by atoms with E-state index in [0.717, 1.165) is 12.8 Å². The summed E-state index contributed by atoms with van der Waals surface area (Å²) < 4.78 is 31.5. The fourth-order valence-electron chi connectivity index (χ4n) is 1.92. The standard InChI is InChI=1S/C14H23NO4S/c1-4-5-9-15(2)20(17,18)14-7-6-13(19-3)11-12(14)8-10-16/h6-7,11,16H,4-5,8-10H2,1-3H3. The Morgan fingerprint density at radius 1 is 1.35 bits per heavy atom. The van der Waals surface area contributed by atoms with Crippen LogP contribution in [0.5, 0.6) is 5.75 Å². The molecule has 0 spiro atoms.